The zero-order valence-corrected chi connectivity index (χ0v) is 10.9. The van der Waals surface area contributed by atoms with Crippen LogP contribution in [0.15, 0.2) is 17.2 Å². The Morgan fingerprint density at radius 2 is 2.33 bits per heavy atom. The number of anilines is 1. The van der Waals surface area contributed by atoms with Crippen molar-refractivity contribution in [1.29, 1.82) is 0 Å². The number of hydrogen-bond donors (Lipinski definition) is 1. The van der Waals surface area contributed by atoms with E-state index in [1.54, 1.807) is 17.0 Å². The predicted octanol–water partition coefficient (Wildman–Crippen LogP) is -0.184. The normalized spacial score (nSPS) is 24.3. The number of hydrogen-bond acceptors (Lipinski definition) is 5. The molecule has 1 aliphatic rings. The van der Waals surface area contributed by atoms with E-state index >= 15 is 0 Å². The summed E-state index contributed by atoms with van der Waals surface area (Å²) in [5.74, 6) is 0.493. The van der Waals surface area contributed by atoms with E-state index in [-0.39, 0.29) is 17.8 Å². The first kappa shape index (κ1) is 13.0. The molecule has 1 saturated heterocycles. The van der Waals surface area contributed by atoms with Crippen molar-refractivity contribution < 1.29 is 4.74 Å². The molecule has 6 heteroatoms. The topological polar surface area (TPSA) is 73.4 Å². The molecule has 2 rings (SSSR count). The monoisotopic (exact) mass is 252 g/mol. The van der Waals surface area contributed by atoms with Crippen molar-refractivity contribution in [3.63, 3.8) is 0 Å². The molecule has 1 aromatic rings. The van der Waals surface area contributed by atoms with Crippen LogP contribution in [0.25, 0.3) is 0 Å². The number of aryl methyl sites for hydroxylation is 1. The van der Waals surface area contributed by atoms with E-state index in [2.05, 4.69) is 4.98 Å². The summed E-state index contributed by atoms with van der Waals surface area (Å²) in [5, 5.41) is 0. The van der Waals surface area contributed by atoms with Gasteiger partial charge in [0, 0.05) is 38.6 Å². The lowest BCUT2D eigenvalue weighted by Crippen LogP contribution is -2.51. The van der Waals surface area contributed by atoms with Crippen LogP contribution < -0.4 is 16.2 Å². The summed E-state index contributed by atoms with van der Waals surface area (Å²) in [6.07, 6.45) is 3.39. The molecule has 100 valence electrons. The molecule has 0 saturated carbocycles. The smallest absolute Gasteiger partial charge is 0.293 e. The number of nitrogens with zero attached hydrogens (tertiary/aromatic N) is 3. The lowest BCUT2D eigenvalue weighted by Gasteiger charge is -2.36. The average molecular weight is 252 g/mol. The Kier molecular flexibility index (Phi) is 3.98. The minimum Gasteiger partial charge on any atom is -0.370 e. The lowest BCUT2D eigenvalue weighted by molar-refractivity contribution is -0.0108. The van der Waals surface area contributed by atoms with E-state index in [0.29, 0.717) is 32.0 Å². The van der Waals surface area contributed by atoms with Crippen molar-refractivity contribution in [1.82, 2.24) is 9.55 Å². The molecule has 0 aromatic carbocycles. The van der Waals surface area contributed by atoms with Crippen LogP contribution in [-0.4, -0.2) is 41.4 Å². The third kappa shape index (κ3) is 2.54. The standard InChI is InChI=1S/C12H20N4O2/c1-3-15-5-4-14-11(12(15)17)16-7-9(2)18-10(6-13)8-16/h4-5,9-10H,3,6-8,13H2,1-2H3. The second-order valence-electron chi connectivity index (χ2n) is 4.55. The fourth-order valence-electron chi connectivity index (χ4n) is 2.25. The second-order valence-corrected chi connectivity index (χ2v) is 4.55. The zero-order valence-electron chi connectivity index (χ0n) is 10.9. The SMILES string of the molecule is CCn1ccnc(N2CC(C)OC(CN)C2)c1=O. The van der Waals surface area contributed by atoms with Crippen LogP contribution in [0.4, 0.5) is 5.82 Å². The van der Waals surface area contributed by atoms with Gasteiger partial charge in [-0.15, -0.1) is 0 Å². The summed E-state index contributed by atoms with van der Waals surface area (Å²) in [6.45, 7) is 6.32. The van der Waals surface area contributed by atoms with Gasteiger partial charge in [0.05, 0.1) is 12.2 Å². The fourth-order valence-corrected chi connectivity index (χ4v) is 2.25. The van der Waals surface area contributed by atoms with Gasteiger partial charge in [-0.1, -0.05) is 0 Å². The van der Waals surface area contributed by atoms with Crippen molar-refractivity contribution in [3.8, 4) is 0 Å². The summed E-state index contributed by atoms with van der Waals surface area (Å²) in [5.41, 5.74) is 5.59. The predicted molar refractivity (Wildman–Crippen MR) is 69.8 cm³/mol. The molecule has 1 fully saturated rings. The number of nitrogens with two attached hydrogens (primary N) is 1. The van der Waals surface area contributed by atoms with Crippen LogP contribution in [0.1, 0.15) is 13.8 Å². The number of morpholine rings is 1. The van der Waals surface area contributed by atoms with Gasteiger partial charge in [0.25, 0.3) is 5.56 Å². The van der Waals surface area contributed by atoms with Gasteiger partial charge in [-0.2, -0.15) is 0 Å². The highest BCUT2D eigenvalue weighted by Crippen LogP contribution is 2.14. The summed E-state index contributed by atoms with van der Waals surface area (Å²) in [7, 11) is 0. The Balaban J connectivity index is 2.28. The number of aromatic nitrogens is 2. The Morgan fingerprint density at radius 1 is 1.56 bits per heavy atom. The Morgan fingerprint density at radius 3 is 3.00 bits per heavy atom. The van der Waals surface area contributed by atoms with E-state index in [9.17, 15) is 4.79 Å². The molecular formula is C12H20N4O2. The van der Waals surface area contributed by atoms with Gasteiger partial charge < -0.3 is 19.9 Å². The molecule has 2 N–H and O–H groups in total. The molecule has 2 atom stereocenters. The van der Waals surface area contributed by atoms with Crippen molar-refractivity contribution in [2.75, 3.05) is 24.5 Å². The molecule has 0 bridgehead atoms. The van der Waals surface area contributed by atoms with Crippen LogP contribution in [0, 0.1) is 0 Å². The van der Waals surface area contributed by atoms with Gasteiger partial charge in [0.1, 0.15) is 0 Å². The first-order chi connectivity index (χ1) is 8.65. The van der Waals surface area contributed by atoms with E-state index < -0.39 is 0 Å². The summed E-state index contributed by atoms with van der Waals surface area (Å²) < 4.78 is 7.33. The Bertz CT molecular complexity index is 460. The molecule has 1 aliphatic heterocycles. The van der Waals surface area contributed by atoms with E-state index in [1.807, 2.05) is 18.7 Å². The molecule has 18 heavy (non-hydrogen) atoms. The van der Waals surface area contributed by atoms with E-state index in [0.717, 1.165) is 0 Å². The van der Waals surface area contributed by atoms with Gasteiger partial charge in [0.15, 0.2) is 5.82 Å². The van der Waals surface area contributed by atoms with Gasteiger partial charge >= 0.3 is 0 Å². The minimum atomic E-state index is -0.0510. The zero-order chi connectivity index (χ0) is 13.1. The third-order valence-corrected chi connectivity index (χ3v) is 3.12. The molecule has 0 aliphatic carbocycles. The van der Waals surface area contributed by atoms with E-state index in [1.165, 1.54) is 0 Å². The Hall–Kier alpha value is -1.40. The van der Waals surface area contributed by atoms with Crippen molar-refractivity contribution >= 4 is 5.82 Å². The molecule has 1 aromatic heterocycles. The highest BCUT2D eigenvalue weighted by molar-refractivity contribution is 5.36. The summed E-state index contributed by atoms with van der Waals surface area (Å²) in [4.78, 5) is 18.4. The third-order valence-electron chi connectivity index (χ3n) is 3.12. The fraction of sp³-hybridized carbons (Fsp3) is 0.667. The molecule has 0 amide bonds. The lowest BCUT2D eigenvalue weighted by atomic mass is 10.2. The number of rotatable bonds is 3. The van der Waals surface area contributed by atoms with E-state index in [4.69, 9.17) is 10.5 Å². The molecule has 2 heterocycles. The van der Waals surface area contributed by atoms with Gasteiger partial charge in [-0.3, -0.25) is 4.79 Å². The van der Waals surface area contributed by atoms with Crippen LogP contribution in [-0.2, 0) is 11.3 Å². The highest BCUT2D eigenvalue weighted by atomic mass is 16.5. The van der Waals surface area contributed by atoms with Crippen molar-refractivity contribution in [2.45, 2.75) is 32.6 Å². The molecule has 0 spiro atoms. The van der Waals surface area contributed by atoms with Crippen molar-refractivity contribution in [2.24, 2.45) is 5.73 Å². The van der Waals surface area contributed by atoms with Crippen LogP contribution in [0.5, 0.6) is 0 Å². The van der Waals surface area contributed by atoms with Crippen LogP contribution >= 0.6 is 0 Å². The molecular weight excluding hydrogens is 232 g/mol. The number of ether oxygens (including phenoxy) is 1. The summed E-state index contributed by atoms with van der Waals surface area (Å²) in [6, 6.07) is 0. The maximum absolute atomic E-state index is 12.2. The first-order valence-electron chi connectivity index (χ1n) is 6.31. The molecule has 0 radical (unpaired) electrons. The minimum absolute atomic E-state index is 0.0368. The quantitative estimate of drug-likeness (QED) is 0.807. The maximum Gasteiger partial charge on any atom is 0.293 e. The van der Waals surface area contributed by atoms with Crippen molar-refractivity contribution in [3.05, 3.63) is 22.7 Å². The molecule has 6 nitrogen and oxygen atoms in total. The van der Waals surface area contributed by atoms with Crippen LogP contribution in [0.2, 0.25) is 0 Å². The van der Waals surface area contributed by atoms with Crippen LogP contribution in [0.3, 0.4) is 0 Å². The van der Waals surface area contributed by atoms with Gasteiger partial charge in [0.2, 0.25) is 0 Å². The first-order valence-corrected chi connectivity index (χ1v) is 6.31. The largest absolute Gasteiger partial charge is 0.370 e. The van der Waals surface area contributed by atoms with Gasteiger partial charge in [-0.05, 0) is 13.8 Å². The van der Waals surface area contributed by atoms with Gasteiger partial charge in [-0.25, -0.2) is 4.98 Å². The average Bonchev–Trinajstić information content (AvgIpc) is 2.38. The second kappa shape index (κ2) is 5.49. The highest BCUT2D eigenvalue weighted by Gasteiger charge is 2.26. The maximum atomic E-state index is 12.2. The Labute approximate surface area is 106 Å². The molecule has 2 unspecified atom stereocenters. The summed E-state index contributed by atoms with van der Waals surface area (Å²) >= 11 is 0.